The van der Waals surface area contributed by atoms with E-state index in [-0.39, 0.29) is 11.7 Å². The number of halogens is 1. The molecule has 0 fully saturated rings. The quantitative estimate of drug-likeness (QED) is 0.419. The zero-order chi connectivity index (χ0) is 17.4. The summed E-state index contributed by atoms with van der Waals surface area (Å²) in [5.74, 6) is 0.909. The van der Waals surface area contributed by atoms with E-state index in [2.05, 4.69) is 22.1 Å². The molecule has 2 aromatic rings. The number of nitrogens with one attached hydrogen (secondary N) is 1. The minimum atomic E-state index is -0.0711. The Morgan fingerprint density at radius 1 is 1.42 bits per heavy atom. The highest BCUT2D eigenvalue weighted by atomic mass is 35.5. The Balaban J connectivity index is 2.09. The predicted octanol–water partition coefficient (Wildman–Crippen LogP) is 2.64. The lowest BCUT2D eigenvalue weighted by atomic mass is 10.2. The van der Waals surface area contributed by atoms with Gasteiger partial charge >= 0.3 is 0 Å². The molecule has 1 heterocycles. The summed E-state index contributed by atoms with van der Waals surface area (Å²) in [6.07, 6.45) is 1.77. The minimum Gasteiger partial charge on any atom is -0.383 e. The number of benzene rings is 1. The summed E-state index contributed by atoms with van der Waals surface area (Å²) in [7, 11) is 1.59. The molecule has 1 aromatic carbocycles. The van der Waals surface area contributed by atoms with Gasteiger partial charge in [-0.1, -0.05) is 29.4 Å². The predicted molar refractivity (Wildman–Crippen MR) is 96.3 cm³/mol. The van der Waals surface area contributed by atoms with Crippen LogP contribution in [0, 0.1) is 0 Å². The van der Waals surface area contributed by atoms with Gasteiger partial charge in [0.2, 0.25) is 5.91 Å². The van der Waals surface area contributed by atoms with Gasteiger partial charge in [-0.3, -0.25) is 9.36 Å². The van der Waals surface area contributed by atoms with Crippen LogP contribution in [0.25, 0.3) is 11.4 Å². The third kappa shape index (κ3) is 5.09. The molecular formula is C16H19ClN4O2S. The van der Waals surface area contributed by atoms with E-state index in [1.54, 1.807) is 25.3 Å². The number of methoxy groups -OCH3 is 1. The normalized spacial score (nSPS) is 10.6. The van der Waals surface area contributed by atoms with E-state index in [1.807, 2.05) is 16.7 Å². The summed E-state index contributed by atoms with van der Waals surface area (Å²) in [4.78, 5) is 11.8. The van der Waals surface area contributed by atoms with Crippen molar-refractivity contribution in [2.24, 2.45) is 0 Å². The number of hydrogen-bond acceptors (Lipinski definition) is 5. The molecule has 0 radical (unpaired) electrons. The first-order chi connectivity index (χ1) is 11.7. The fourth-order valence-electron chi connectivity index (χ4n) is 1.98. The number of carbonyl (C=O) groups excluding carboxylic acids is 1. The van der Waals surface area contributed by atoms with Crippen LogP contribution in [-0.2, 0) is 16.1 Å². The van der Waals surface area contributed by atoms with Crippen LogP contribution >= 0.6 is 23.4 Å². The average molecular weight is 367 g/mol. The van der Waals surface area contributed by atoms with Gasteiger partial charge in [0.25, 0.3) is 0 Å². The number of rotatable bonds is 9. The van der Waals surface area contributed by atoms with Crippen molar-refractivity contribution in [2.45, 2.75) is 11.7 Å². The van der Waals surface area contributed by atoms with Crippen molar-refractivity contribution in [1.82, 2.24) is 20.1 Å². The maximum Gasteiger partial charge on any atom is 0.230 e. The third-order valence-corrected chi connectivity index (χ3v) is 4.31. The summed E-state index contributed by atoms with van der Waals surface area (Å²) in [5, 5.41) is 12.5. The number of hydrogen-bond donors (Lipinski definition) is 1. The number of amides is 1. The third-order valence-electron chi connectivity index (χ3n) is 3.09. The average Bonchev–Trinajstić information content (AvgIpc) is 2.97. The molecule has 24 heavy (non-hydrogen) atoms. The molecule has 0 saturated carbocycles. The van der Waals surface area contributed by atoms with Gasteiger partial charge in [-0.15, -0.1) is 16.8 Å². The van der Waals surface area contributed by atoms with E-state index in [9.17, 15) is 4.79 Å². The minimum absolute atomic E-state index is 0.0711. The highest BCUT2D eigenvalue weighted by Gasteiger charge is 2.14. The Labute approximate surface area is 150 Å². The van der Waals surface area contributed by atoms with Crippen LogP contribution in [0.15, 0.2) is 42.1 Å². The molecule has 1 amide bonds. The zero-order valence-electron chi connectivity index (χ0n) is 13.4. The number of thioether (sulfide) groups is 1. The molecule has 0 spiro atoms. The van der Waals surface area contributed by atoms with E-state index in [4.69, 9.17) is 16.3 Å². The first-order valence-corrected chi connectivity index (χ1v) is 8.70. The molecule has 0 aliphatic carbocycles. The first kappa shape index (κ1) is 18.5. The molecular weight excluding hydrogens is 348 g/mol. The fourth-order valence-corrected chi connectivity index (χ4v) is 2.88. The lowest BCUT2D eigenvalue weighted by Gasteiger charge is -2.08. The van der Waals surface area contributed by atoms with Crippen LogP contribution in [-0.4, -0.2) is 46.7 Å². The largest absolute Gasteiger partial charge is 0.383 e. The maximum absolute atomic E-state index is 11.8. The van der Waals surface area contributed by atoms with E-state index < -0.39 is 0 Å². The van der Waals surface area contributed by atoms with Gasteiger partial charge in [0.1, 0.15) is 0 Å². The number of ether oxygens (including phenoxy) is 1. The molecule has 0 aliphatic rings. The van der Waals surface area contributed by atoms with Crippen LogP contribution in [0.1, 0.15) is 0 Å². The van der Waals surface area contributed by atoms with Gasteiger partial charge in [-0.25, -0.2) is 0 Å². The number of nitrogens with zero attached hydrogens (tertiary/aromatic N) is 3. The van der Waals surface area contributed by atoms with Crippen molar-refractivity contribution in [2.75, 3.05) is 26.0 Å². The second-order valence-corrected chi connectivity index (χ2v) is 6.22. The van der Waals surface area contributed by atoms with Crippen molar-refractivity contribution in [3.8, 4) is 11.4 Å². The number of allylic oxidation sites excluding steroid dienone is 1. The molecule has 128 valence electrons. The highest BCUT2D eigenvalue weighted by Crippen LogP contribution is 2.25. The van der Waals surface area contributed by atoms with Gasteiger partial charge in [0, 0.05) is 30.8 Å². The van der Waals surface area contributed by atoms with Crippen LogP contribution in [0.2, 0.25) is 5.02 Å². The fraction of sp³-hybridized carbons (Fsp3) is 0.312. The van der Waals surface area contributed by atoms with E-state index in [1.165, 1.54) is 11.8 Å². The summed E-state index contributed by atoms with van der Waals surface area (Å²) < 4.78 is 6.82. The zero-order valence-corrected chi connectivity index (χ0v) is 14.9. The Kier molecular flexibility index (Phi) is 7.30. The van der Waals surface area contributed by atoms with Crippen LogP contribution in [0.3, 0.4) is 0 Å². The van der Waals surface area contributed by atoms with Crippen molar-refractivity contribution in [1.29, 1.82) is 0 Å². The number of aromatic nitrogens is 3. The second-order valence-electron chi connectivity index (χ2n) is 4.84. The second kappa shape index (κ2) is 9.46. The molecule has 1 aromatic heterocycles. The molecule has 6 nitrogen and oxygen atoms in total. The molecule has 8 heteroatoms. The summed E-state index contributed by atoms with van der Waals surface area (Å²) in [6.45, 7) is 5.31. The molecule has 0 aliphatic heterocycles. The Morgan fingerprint density at radius 2 is 2.17 bits per heavy atom. The molecule has 0 saturated heterocycles. The molecule has 2 rings (SSSR count). The van der Waals surface area contributed by atoms with Crippen molar-refractivity contribution in [3.05, 3.63) is 41.9 Å². The van der Waals surface area contributed by atoms with Crippen LogP contribution in [0.4, 0.5) is 0 Å². The van der Waals surface area contributed by atoms with Crippen molar-refractivity contribution in [3.63, 3.8) is 0 Å². The lowest BCUT2D eigenvalue weighted by molar-refractivity contribution is -0.118. The summed E-state index contributed by atoms with van der Waals surface area (Å²) >= 11 is 7.26. The Morgan fingerprint density at radius 3 is 2.83 bits per heavy atom. The van der Waals surface area contributed by atoms with Gasteiger partial charge in [0.05, 0.1) is 12.4 Å². The highest BCUT2D eigenvalue weighted by molar-refractivity contribution is 7.99. The van der Waals surface area contributed by atoms with Gasteiger partial charge in [-0.2, -0.15) is 0 Å². The molecule has 1 N–H and O–H groups in total. The first-order valence-electron chi connectivity index (χ1n) is 7.34. The van der Waals surface area contributed by atoms with Crippen LogP contribution in [0.5, 0.6) is 0 Å². The Bertz CT molecular complexity index is 688. The number of carbonyl (C=O) groups is 1. The SMILES string of the molecule is C=CCn1c(SCC(=O)NCCOC)nnc1-c1ccc(Cl)cc1. The van der Waals surface area contributed by atoms with E-state index in [0.717, 1.165) is 5.56 Å². The van der Waals surface area contributed by atoms with Crippen molar-refractivity contribution < 1.29 is 9.53 Å². The molecule has 0 bridgehead atoms. The smallest absolute Gasteiger partial charge is 0.230 e. The summed E-state index contributed by atoms with van der Waals surface area (Å²) in [6, 6.07) is 7.38. The summed E-state index contributed by atoms with van der Waals surface area (Å²) in [5.41, 5.74) is 0.908. The van der Waals surface area contributed by atoms with E-state index in [0.29, 0.717) is 35.7 Å². The van der Waals surface area contributed by atoms with Gasteiger partial charge in [0.15, 0.2) is 11.0 Å². The molecule has 0 atom stereocenters. The Hall–Kier alpha value is -1.83. The molecule has 0 unspecified atom stereocenters. The van der Waals surface area contributed by atoms with Crippen molar-refractivity contribution >= 4 is 29.3 Å². The monoisotopic (exact) mass is 366 g/mol. The van der Waals surface area contributed by atoms with Crippen LogP contribution < -0.4 is 5.32 Å². The van der Waals surface area contributed by atoms with E-state index >= 15 is 0 Å². The van der Waals surface area contributed by atoms with Gasteiger partial charge < -0.3 is 10.1 Å². The van der Waals surface area contributed by atoms with Gasteiger partial charge in [-0.05, 0) is 24.3 Å². The standard InChI is InChI=1S/C16H19ClN4O2S/c1-3-9-21-15(12-4-6-13(17)7-5-12)19-20-16(21)24-11-14(22)18-8-10-23-2/h3-7H,1,8-11H2,2H3,(H,18,22). The lowest BCUT2D eigenvalue weighted by Crippen LogP contribution is -2.28. The maximum atomic E-state index is 11.8. The topological polar surface area (TPSA) is 69.0 Å².